The van der Waals surface area contributed by atoms with Crippen LogP contribution in [-0.2, 0) is 32.2 Å². The second-order valence-electron chi connectivity index (χ2n) is 29.0. The summed E-state index contributed by atoms with van der Waals surface area (Å²) in [6.45, 7) is 26.9. The van der Waals surface area contributed by atoms with Crippen LogP contribution in [0.2, 0.25) is 13.1 Å². The molecule has 95 heavy (non-hydrogen) atoms. The van der Waals surface area contributed by atoms with Crippen molar-refractivity contribution in [1.82, 2.24) is 40.6 Å². The Morgan fingerprint density at radius 1 is 0.463 bits per heavy atom. The molecule has 2 aromatic heterocycles. The maximum Gasteiger partial charge on any atom is 0.329 e. The van der Waals surface area contributed by atoms with Crippen LogP contribution >= 0.6 is 0 Å². The van der Waals surface area contributed by atoms with Gasteiger partial charge in [-0.2, -0.15) is 0 Å². The number of rotatable bonds is 22. The molecule has 8 atom stereocenters. The van der Waals surface area contributed by atoms with Gasteiger partial charge in [-0.3, -0.25) is 9.59 Å². The molecule has 0 bridgehead atoms. The second-order valence-corrected chi connectivity index (χ2v) is 33.3. The third-order valence-electron chi connectivity index (χ3n) is 20.1. The zero-order chi connectivity index (χ0) is 67.2. The lowest BCUT2D eigenvalue weighted by molar-refractivity contribution is -0.160. The van der Waals surface area contributed by atoms with Crippen LogP contribution in [0.5, 0.6) is 0 Å². The van der Waals surface area contributed by atoms with E-state index in [1.165, 1.54) is 43.8 Å². The Hall–Kier alpha value is -8.82. The fourth-order valence-corrected chi connectivity index (χ4v) is 18.5. The number of hydrogen-bond donors (Lipinski definition) is 2. The van der Waals surface area contributed by atoms with E-state index in [1.807, 2.05) is 73.7 Å². The lowest BCUT2D eigenvalue weighted by Gasteiger charge is -2.37. The van der Waals surface area contributed by atoms with E-state index in [1.54, 1.807) is 24.3 Å². The van der Waals surface area contributed by atoms with Gasteiger partial charge in [0.1, 0.15) is 43.8 Å². The first kappa shape index (κ1) is 67.6. The molecule has 0 unspecified atom stereocenters. The van der Waals surface area contributed by atoms with Crippen LogP contribution in [0, 0.1) is 47.3 Å². The summed E-state index contributed by atoms with van der Waals surface area (Å²) >= 11 is 0. The molecule has 1 aliphatic heterocycles. The number of aromatic nitrogens is 6. The first-order valence-corrected chi connectivity index (χ1v) is 37.4. The highest BCUT2D eigenvalue weighted by Crippen LogP contribution is 2.55. The molecule has 15 heteroatoms. The van der Waals surface area contributed by atoms with Crippen LogP contribution in [0.3, 0.4) is 0 Å². The van der Waals surface area contributed by atoms with Crippen molar-refractivity contribution < 1.29 is 28.7 Å². The van der Waals surface area contributed by atoms with E-state index in [9.17, 15) is 19.2 Å². The molecule has 2 saturated carbocycles. The molecular weight excluding hydrogens is 1200 g/mol. The Morgan fingerprint density at radius 2 is 0.811 bits per heavy atom. The van der Waals surface area contributed by atoms with E-state index in [0.29, 0.717) is 71.1 Å². The molecule has 6 aromatic carbocycles. The Kier molecular flexibility index (Phi) is 20.9. The number of carbonyl (C=O) groups is 4. The average Bonchev–Trinajstić information content (AvgIpc) is 1.56. The van der Waals surface area contributed by atoms with Crippen molar-refractivity contribution in [1.29, 1.82) is 0 Å². The van der Waals surface area contributed by atoms with E-state index in [0.717, 1.165) is 60.8 Å². The molecule has 2 amide bonds. The predicted octanol–water partition coefficient (Wildman–Crippen LogP) is 16.1. The Labute approximate surface area is 562 Å². The average molecular weight is 1290 g/mol. The standard InChI is InChI=1S/C80H94N8O6Si/c1-49(2)65-41-23-53(9)43-69(65)93-79(91)73(51(5)6)81-77(89)63-37-33-57(34-38-63)67-47-87(85-83-67)45-55-25-29-61(30-26-55)75-71(59-19-15-13-16-20-59)72(60-21-17-14-18-22-60)76(95(75,11)12)62-31-27-56(28-32-62)46-88-48-68(84-86-88)58-35-39-64(40-36-58)78(90)82-74(52(7)8)80(92)94-70-44-54(10)24-42-66(70)50(3)4/h13-22,25-40,47-54,65-66,69-70,73-74H,23-24,41-46H2,1-12H3,(H,81,89)(H,82,90)/t53-,54-,65+,66+,69-,70-,73-,74-/m0/s1. The van der Waals surface area contributed by atoms with Gasteiger partial charge in [-0.25, -0.2) is 19.0 Å². The normalized spacial score (nSPS) is 20.3. The van der Waals surface area contributed by atoms with Crippen molar-refractivity contribution >= 4 is 53.4 Å². The van der Waals surface area contributed by atoms with Gasteiger partial charge in [0.25, 0.3) is 11.8 Å². The van der Waals surface area contributed by atoms with Gasteiger partial charge in [0.05, 0.1) is 25.5 Å². The molecule has 3 heterocycles. The van der Waals surface area contributed by atoms with E-state index < -0.39 is 20.2 Å². The van der Waals surface area contributed by atoms with Gasteiger partial charge in [-0.15, -0.1) is 10.2 Å². The molecule has 14 nitrogen and oxygen atoms in total. The predicted molar refractivity (Wildman–Crippen MR) is 381 cm³/mol. The SMILES string of the molecule is CC(C)[C@H](NC(=O)c1ccc(-c2cn(Cc3ccc(C4=C(c5ccccc5)C(c5ccccc5)=C(c5ccc(Cn6cc(-c7ccc(C(=O)N[C@H](C(=O)O[C@H]8C[C@@H](C)CC[C@@H]8C(C)C)C(C)C)cc7)nn6)cc5)[Si]4(C)C)cc3)nn2)cc1)C(=O)O[C@H]1C[C@@H](C)CC[C@@H]1C(C)C. The lowest BCUT2D eigenvalue weighted by atomic mass is 9.75. The summed E-state index contributed by atoms with van der Waals surface area (Å²) in [5.41, 5.74) is 13.3. The molecule has 0 saturated heterocycles. The van der Waals surface area contributed by atoms with E-state index in [2.05, 4.69) is 195 Å². The van der Waals surface area contributed by atoms with Gasteiger partial charge >= 0.3 is 11.9 Å². The van der Waals surface area contributed by atoms with Gasteiger partial charge in [-0.05, 0) is 152 Å². The fourth-order valence-electron chi connectivity index (χ4n) is 14.7. The first-order chi connectivity index (χ1) is 45.6. The third-order valence-corrected chi connectivity index (χ3v) is 23.7. The fraction of sp³-hybridized carbons (Fsp3) is 0.400. The van der Waals surface area contributed by atoms with Gasteiger partial charge in [-0.1, -0.05) is 239 Å². The summed E-state index contributed by atoms with van der Waals surface area (Å²) in [6, 6.07) is 52.5. The third kappa shape index (κ3) is 15.5. The Balaban J connectivity index is 0.761. The molecule has 11 rings (SSSR count). The summed E-state index contributed by atoms with van der Waals surface area (Å²) in [6.07, 6.45) is 9.62. The lowest BCUT2D eigenvalue weighted by Crippen LogP contribution is -2.48. The van der Waals surface area contributed by atoms with Crippen molar-refractivity contribution in [3.63, 3.8) is 0 Å². The van der Waals surface area contributed by atoms with E-state index >= 15 is 0 Å². The summed E-state index contributed by atoms with van der Waals surface area (Å²) in [5, 5.41) is 26.9. The number of carbonyl (C=O) groups excluding carboxylic acids is 4. The van der Waals surface area contributed by atoms with Crippen molar-refractivity contribution in [2.75, 3.05) is 0 Å². The minimum absolute atomic E-state index is 0.145. The monoisotopic (exact) mass is 1290 g/mol. The minimum Gasteiger partial charge on any atom is -0.461 e. The molecule has 2 fully saturated rings. The Morgan fingerprint density at radius 3 is 1.15 bits per heavy atom. The molecule has 2 aliphatic carbocycles. The number of nitrogens with one attached hydrogen (secondary N) is 2. The number of allylic oxidation sites excluding steroid dienone is 2. The number of esters is 2. The number of benzene rings is 6. The highest BCUT2D eigenvalue weighted by Gasteiger charge is 2.44. The molecule has 8 aromatic rings. The minimum atomic E-state index is -2.50. The van der Waals surface area contributed by atoms with Crippen molar-refractivity contribution in [3.05, 3.63) is 215 Å². The summed E-state index contributed by atoms with van der Waals surface area (Å²) in [5.74, 6) is 0.754. The van der Waals surface area contributed by atoms with Gasteiger partial charge in [0.15, 0.2) is 0 Å². The largest absolute Gasteiger partial charge is 0.461 e. The van der Waals surface area contributed by atoms with Crippen molar-refractivity contribution in [2.45, 2.75) is 158 Å². The first-order valence-electron chi connectivity index (χ1n) is 34.4. The molecule has 494 valence electrons. The van der Waals surface area contributed by atoms with Gasteiger partial charge in [0, 0.05) is 22.3 Å². The maximum absolute atomic E-state index is 13.6. The van der Waals surface area contributed by atoms with Crippen LogP contribution in [0.25, 0.3) is 44.1 Å². The molecule has 2 N–H and O–H groups in total. The zero-order valence-electron chi connectivity index (χ0n) is 57.4. The topological polar surface area (TPSA) is 172 Å². The van der Waals surface area contributed by atoms with Gasteiger partial charge in [0.2, 0.25) is 0 Å². The summed E-state index contributed by atoms with van der Waals surface area (Å²) in [4.78, 5) is 54.6. The molecule has 0 radical (unpaired) electrons. The second kappa shape index (κ2) is 29.4. The zero-order valence-corrected chi connectivity index (χ0v) is 58.4. The Bertz CT molecular complexity index is 3780. The van der Waals surface area contributed by atoms with E-state index in [-0.39, 0.29) is 47.8 Å². The van der Waals surface area contributed by atoms with Gasteiger partial charge < -0.3 is 20.1 Å². The van der Waals surface area contributed by atoms with Crippen molar-refractivity contribution in [3.8, 4) is 22.5 Å². The van der Waals surface area contributed by atoms with Crippen LogP contribution < -0.4 is 10.6 Å². The maximum atomic E-state index is 13.6. The van der Waals surface area contributed by atoms with Crippen LogP contribution in [-0.4, -0.2) is 86.1 Å². The van der Waals surface area contributed by atoms with Crippen LogP contribution in [0.1, 0.15) is 162 Å². The van der Waals surface area contributed by atoms with Crippen LogP contribution in [0.15, 0.2) is 170 Å². The smallest absolute Gasteiger partial charge is 0.329 e. The number of hydrogen-bond acceptors (Lipinski definition) is 10. The highest BCUT2D eigenvalue weighted by molar-refractivity contribution is 7.13. The number of nitrogens with zero attached hydrogens (tertiary/aromatic N) is 6. The van der Waals surface area contributed by atoms with Crippen molar-refractivity contribution in [2.24, 2.45) is 47.3 Å². The quantitative estimate of drug-likeness (QED) is 0.0491. The number of ether oxygens (including phenoxy) is 2. The van der Waals surface area contributed by atoms with Crippen LogP contribution in [0.4, 0.5) is 0 Å². The molecular formula is C80H94N8O6Si. The number of amides is 2. The summed E-state index contributed by atoms with van der Waals surface area (Å²) in [7, 11) is -2.50. The molecule has 3 aliphatic rings. The van der Waals surface area contributed by atoms with E-state index in [4.69, 9.17) is 9.47 Å². The highest BCUT2D eigenvalue weighted by atomic mass is 28.3. The molecule has 0 spiro atoms. The summed E-state index contributed by atoms with van der Waals surface area (Å²) < 4.78 is 16.0.